The number of aromatic carboxylic acids is 1. The van der Waals surface area contributed by atoms with Gasteiger partial charge in [0.05, 0.1) is 13.2 Å². The molecule has 0 unspecified atom stereocenters. The van der Waals surface area contributed by atoms with Gasteiger partial charge in [0.15, 0.2) is 0 Å². The molecule has 2 N–H and O–H groups in total. The second-order valence-electron chi connectivity index (χ2n) is 4.07. The Hall–Kier alpha value is -1.82. The fourth-order valence-electron chi connectivity index (χ4n) is 1.65. The lowest BCUT2D eigenvalue weighted by Gasteiger charge is -2.03. The van der Waals surface area contributed by atoms with Crippen molar-refractivity contribution in [2.45, 2.75) is 33.2 Å². The highest BCUT2D eigenvalue weighted by Crippen LogP contribution is 2.14. The number of aryl methyl sites for hydroxylation is 1. The molecule has 6 heteroatoms. The van der Waals surface area contributed by atoms with Crippen LogP contribution >= 0.6 is 0 Å². The molecule has 1 aromatic rings. The van der Waals surface area contributed by atoms with Crippen molar-refractivity contribution in [2.24, 2.45) is 0 Å². The van der Waals surface area contributed by atoms with Crippen molar-refractivity contribution in [1.82, 2.24) is 5.32 Å². The fraction of sp³-hybridized carbons (Fsp3) is 0.538. The van der Waals surface area contributed by atoms with Gasteiger partial charge in [0, 0.05) is 6.42 Å². The van der Waals surface area contributed by atoms with E-state index in [0.717, 1.165) is 0 Å². The standard InChI is InChI=1S/C13H19NO5/c1-3-18-12(15)5-4-6-14-8-10-7-11(13(16)17)9(2)19-10/h7,14H,3-6,8H2,1-2H3,(H,16,17). The first-order valence-corrected chi connectivity index (χ1v) is 6.23. The molecule has 0 aromatic carbocycles. The Balaban J connectivity index is 2.24. The van der Waals surface area contributed by atoms with Crippen molar-refractivity contribution < 1.29 is 23.8 Å². The quantitative estimate of drug-likeness (QED) is 0.552. The first-order chi connectivity index (χ1) is 9.04. The van der Waals surface area contributed by atoms with Gasteiger partial charge in [-0.1, -0.05) is 0 Å². The molecule has 1 rings (SSSR count). The number of ether oxygens (including phenoxy) is 1. The number of furan rings is 1. The molecule has 106 valence electrons. The van der Waals surface area contributed by atoms with E-state index in [0.29, 0.717) is 44.1 Å². The Morgan fingerprint density at radius 3 is 2.79 bits per heavy atom. The lowest BCUT2D eigenvalue weighted by atomic mass is 10.2. The van der Waals surface area contributed by atoms with Crippen molar-refractivity contribution in [3.05, 3.63) is 23.2 Å². The van der Waals surface area contributed by atoms with Crippen molar-refractivity contribution in [2.75, 3.05) is 13.2 Å². The summed E-state index contributed by atoms with van der Waals surface area (Å²) in [7, 11) is 0. The second kappa shape index (κ2) is 7.58. The van der Waals surface area contributed by atoms with Crippen LogP contribution in [0.2, 0.25) is 0 Å². The third-order valence-corrected chi connectivity index (χ3v) is 2.54. The summed E-state index contributed by atoms with van der Waals surface area (Å²) in [6.07, 6.45) is 1.04. The molecule has 1 aromatic heterocycles. The minimum atomic E-state index is -0.991. The van der Waals surface area contributed by atoms with Gasteiger partial charge in [0.25, 0.3) is 0 Å². The summed E-state index contributed by atoms with van der Waals surface area (Å²) in [6, 6.07) is 1.51. The number of carbonyl (C=O) groups excluding carboxylic acids is 1. The highest BCUT2D eigenvalue weighted by Gasteiger charge is 2.13. The van der Waals surface area contributed by atoms with Crippen LogP contribution in [0.5, 0.6) is 0 Å². The van der Waals surface area contributed by atoms with Crippen LogP contribution in [0, 0.1) is 6.92 Å². The third kappa shape index (κ3) is 5.13. The summed E-state index contributed by atoms with van der Waals surface area (Å²) in [5, 5.41) is 12.0. The largest absolute Gasteiger partial charge is 0.478 e. The molecule has 0 spiro atoms. The summed E-state index contributed by atoms with van der Waals surface area (Å²) in [5.74, 6) is -0.219. The van der Waals surface area contributed by atoms with Crippen molar-refractivity contribution >= 4 is 11.9 Å². The summed E-state index contributed by atoms with van der Waals surface area (Å²) in [6.45, 7) is 4.87. The van der Waals surface area contributed by atoms with Crippen molar-refractivity contribution in [3.63, 3.8) is 0 Å². The molecule has 0 atom stereocenters. The minimum Gasteiger partial charge on any atom is -0.478 e. The summed E-state index contributed by atoms with van der Waals surface area (Å²) in [5.41, 5.74) is 0.184. The molecule has 0 amide bonds. The smallest absolute Gasteiger partial charge is 0.339 e. The highest BCUT2D eigenvalue weighted by molar-refractivity contribution is 5.88. The number of carbonyl (C=O) groups is 2. The zero-order valence-corrected chi connectivity index (χ0v) is 11.2. The number of hydrogen-bond acceptors (Lipinski definition) is 5. The maximum atomic E-state index is 11.1. The fourth-order valence-corrected chi connectivity index (χ4v) is 1.65. The van der Waals surface area contributed by atoms with E-state index in [4.69, 9.17) is 14.3 Å². The third-order valence-electron chi connectivity index (χ3n) is 2.54. The number of carboxylic acids is 1. The van der Waals surface area contributed by atoms with Crippen LogP contribution < -0.4 is 5.32 Å². The Kier molecular flexibility index (Phi) is 6.08. The maximum absolute atomic E-state index is 11.1. The molecule has 0 radical (unpaired) electrons. The predicted molar refractivity (Wildman–Crippen MR) is 68.0 cm³/mol. The van der Waals surface area contributed by atoms with E-state index in [1.54, 1.807) is 13.8 Å². The Morgan fingerprint density at radius 1 is 1.47 bits per heavy atom. The van der Waals surface area contributed by atoms with Crippen molar-refractivity contribution in [1.29, 1.82) is 0 Å². The van der Waals surface area contributed by atoms with Gasteiger partial charge < -0.3 is 19.6 Å². The SMILES string of the molecule is CCOC(=O)CCCNCc1cc(C(=O)O)c(C)o1. The molecular formula is C13H19NO5. The van der Waals surface area contributed by atoms with Crippen LogP contribution in [0.4, 0.5) is 0 Å². The molecule has 0 aliphatic rings. The van der Waals surface area contributed by atoms with Gasteiger partial charge in [-0.05, 0) is 32.9 Å². The maximum Gasteiger partial charge on any atom is 0.339 e. The lowest BCUT2D eigenvalue weighted by molar-refractivity contribution is -0.143. The average Bonchev–Trinajstić information content (AvgIpc) is 2.70. The van der Waals surface area contributed by atoms with E-state index in [2.05, 4.69) is 5.32 Å². The number of esters is 1. The van der Waals surface area contributed by atoms with Gasteiger partial charge >= 0.3 is 11.9 Å². The van der Waals surface area contributed by atoms with Crippen LogP contribution in [0.1, 0.15) is 41.6 Å². The molecule has 0 saturated carbocycles. The summed E-state index contributed by atoms with van der Waals surface area (Å²) >= 11 is 0. The topological polar surface area (TPSA) is 88.8 Å². The van der Waals surface area contributed by atoms with E-state index >= 15 is 0 Å². The van der Waals surface area contributed by atoms with Gasteiger partial charge in [-0.3, -0.25) is 4.79 Å². The second-order valence-corrected chi connectivity index (χ2v) is 4.07. The molecule has 1 heterocycles. The van der Waals surface area contributed by atoms with Crippen LogP contribution in [-0.2, 0) is 16.1 Å². The molecule has 0 saturated heterocycles. The molecule has 0 aliphatic heterocycles. The number of nitrogens with one attached hydrogen (secondary N) is 1. The lowest BCUT2D eigenvalue weighted by Crippen LogP contribution is -2.16. The van der Waals surface area contributed by atoms with E-state index in [9.17, 15) is 9.59 Å². The molecular weight excluding hydrogens is 250 g/mol. The Bertz CT molecular complexity index is 438. The molecule has 19 heavy (non-hydrogen) atoms. The van der Waals surface area contributed by atoms with Crippen LogP contribution in [0.25, 0.3) is 0 Å². The normalized spacial score (nSPS) is 10.4. The Morgan fingerprint density at radius 2 is 2.21 bits per heavy atom. The van der Waals surface area contributed by atoms with E-state index in [1.807, 2.05) is 0 Å². The van der Waals surface area contributed by atoms with Crippen LogP contribution in [0.3, 0.4) is 0 Å². The van der Waals surface area contributed by atoms with Gasteiger partial charge in [-0.25, -0.2) is 4.79 Å². The zero-order chi connectivity index (χ0) is 14.3. The van der Waals surface area contributed by atoms with Crippen molar-refractivity contribution in [3.8, 4) is 0 Å². The van der Waals surface area contributed by atoms with Crippen LogP contribution in [0.15, 0.2) is 10.5 Å². The highest BCUT2D eigenvalue weighted by atomic mass is 16.5. The monoisotopic (exact) mass is 269 g/mol. The first kappa shape index (κ1) is 15.2. The number of rotatable bonds is 8. The summed E-state index contributed by atoms with van der Waals surface area (Å²) in [4.78, 5) is 21.9. The summed E-state index contributed by atoms with van der Waals surface area (Å²) < 4.78 is 10.1. The number of carboxylic acid groups (broad SMARTS) is 1. The molecule has 0 fully saturated rings. The average molecular weight is 269 g/mol. The molecule has 0 bridgehead atoms. The number of hydrogen-bond donors (Lipinski definition) is 2. The van der Waals surface area contributed by atoms with Gasteiger partial charge in [-0.2, -0.15) is 0 Å². The van der Waals surface area contributed by atoms with E-state index < -0.39 is 5.97 Å². The van der Waals surface area contributed by atoms with Gasteiger partial charge in [0.1, 0.15) is 17.1 Å². The van der Waals surface area contributed by atoms with E-state index in [-0.39, 0.29) is 11.5 Å². The van der Waals surface area contributed by atoms with Crippen LogP contribution in [-0.4, -0.2) is 30.2 Å². The van der Waals surface area contributed by atoms with E-state index in [1.165, 1.54) is 6.07 Å². The van der Waals surface area contributed by atoms with Gasteiger partial charge in [-0.15, -0.1) is 0 Å². The zero-order valence-electron chi connectivity index (χ0n) is 11.2. The first-order valence-electron chi connectivity index (χ1n) is 6.23. The molecule has 6 nitrogen and oxygen atoms in total. The predicted octanol–water partition coefficient (Wildman–Crippen LogP) is 1.72. The minimum absolute atomic E-state index is 0.184. The molecule has 0 aliphatic carbocycles. The van der Waals surface area contributed by atoms with Gasteiger partial charge in [0.2, 0.25) is 0 Å². The Labute approximate surface area is 111 Å².